The summed E-state index contributed by atoms with van der Waals surface area (Å²) in [5.74, 6) is -2.77. The number of carbonyl (C=O) groups excluding carboxylic acids is 2. The van der Waals surface area contributed by atoms with Gasteiger partial charge in [0.1, 0.15) is 18.1 Å². The van der Waals surface area contributed by atoms with E-state index in [0.29, 0.717) is 6.42 Å². The number of hydrogen-bond donors (Lipinski definition) is 3. The van der Waals surface area contributed by atoms with E-state index >= 15 is 0 Å². The molecule has 38 heavy (non-hydrogen) atoms. The van der Waals surface area contributed by atoms with Crippen LogP contribution in [0.25, 0.3) is 0 Å². The average Bonchev–Trinajstić information content (AvgIpc) is 2.83. The maximum absolute atomic E-state index is 13.4. The topological polar surface area (TPSA) is 113 Å². The van der Waals surface area contributed by atoms with Gasteiger partial charge in [0.25, 0.3) is 0 Å². The first-order valence-electron chi connectivity index (χ1n) is 13.5. The van der Waals surface area contributed by atoms with Crippen LogP contribution in [0, 0.1) is 41.4 Å². The summed E-state index contributed by atoms with van der Waals surface area (Å²) in [6, 6.07) is 0. The minimum atomic E-state index is -1.83. The molecule has 0 saturated heterocycles. The summed E-state index contributed by atoms with van der Waals surface area (Å²) in [6.45, 7) is 8.47. The molecular formula is C29H42Cl2O7. The van der Waals surface area contributed by atoms with E-state index in [4.69, 9.17) is 32.7 Å². The minimum Gasteiger partial charge on any atom is -0.458 e. The van der Waals surface area contributed by atoms with Crippen molar-refractivity contribution in [2.75, 3.05) is 13.2 Å². The number of carbonyl (C=O) groups is 2. The fourth-order valence-corrected chi connectivity index (χ4v) is 7.31. The summed E-state index contributed by atoms with van der Waals surface area (Å²) in [4.78, 5) is 26.1. The first-order valence-corrected chi connectivity index (χ1v) is 14.2. The summed E-state index contributed by atoms with van der Waals surface area (Å²) in [7, 11) is 0. The number of alkyl halides is 2. The number of ketones is 1. The number of ether oxygens (including phenoxy) is 2. The molecule has 0 bridgehead atoms. The lowest BCUT2D eigenvalue weighted by molar-refractivity contribution is -0.188. The highest BCUT2D eigenvalue weighted by molar-refractivity contribution is 6.59. The summed E-state index contributed by atoms with van der Waals surface area (Å²) < 4.78 is 9.58. The molecule has 7 nitrogen and oxygen atoms in total. The number of fused-ring (bicyclic) bond motifs is 3. The van der Waals surface area contributed by atoms with Crippen molar-refractivity contribution in [3.8, 4) is 0 Å². The monoisotopic (exact) mass is 572 g/mol. The second kappa shape index (κ2) is 12.5. The van der Waals surface area contributed by atoms with Crippen molar-refractivity contribution in [3.05, 3.63) is 36.5 Å². The third-order valence-corrected chi connectivity index (χ3v) is 9.19. The second-order valence-corrected chi connectivity index (χ2v) is 13.1. The number of aliphatic hydroxyl groups excluding tert-OH is 2. The molecule has 0 aromatic rings. The molecule has 1 unspecified atom stereocenters. The van der Waals surface area contributed by atoms with E-state index in [1.807, 2.05) is 19.1 Å². The van der Waals surface area contributed by atoms with Crippen LogP contribution in [-0.2, 0) is 19.1 Å². The molecule has 1 heterocycles. The molecule has 0 aromatic heterocycles. The molecule has 0 aromatic carbocycles. The average molecular weight is 574 g/mol. The number of allylic oxidation sites excluding steroid dienone is 5. The molecule has 2 aliphatic carbocycles. The molecule has 3 aliphatic rings. The fourth-order valence-electron chi connectivity index (χ4n) is 6.63. The largest absolute Gasteiger partial charge is 0.458 e. The SMILES string of the molecule is C[C@@H]1C(=O)O[C@@H](C)/C=C/C=C\[C@@H](C)[C@@H]2C=C[C@@H]3C[C@@](C)(O)[C@H](OCC(O)CO)[C@@H](C)[C@H]3[C@@H]2CC(Cl)(Cl)C1=O. The van der Waals surface area contributed by atoms with Crippen LogP contribution >= 0.6 is 23.2 Å². The van der Waals surface area contributed by atoms with Gasteiger partial charge in [-0.05, 0) is 75.2 Å². The van der Waals surface area contributed by atoms with E-state index < -0.39 is 52.5 Å². The fraction of sp³-hybridized carbons (Fsp3) is 0.724. The summed E-state index contributed by atoms with van der Waals surface area (Å²) >= 11 is 13.5. The molecule has 3 rings (SSSR count). The lowest BCUT2D eigenvalue weighted by Crippen LogP contribution is -2.58. The van der Waals surface area contributed by atoms with Gasteiger partial charge in [0.15, 0.2) is 10.1 Å². The Balaban J connectivity index is 2.03. The Hall–Kier alpha value is -1.22. The van der Waals surface area contributed by atoms with Gasteiger partial charge < -0.3 is 24.8 Å². The first kappa shape index (κ1) is 31.3. The predicted molar refractivity (Wildman–Crippen MR) is 147 cm³/mol. The van der Waals surface area contributed by atoms with Crippen molar-refractivity contribution in [2.45, 2.75) is 75.7 Å². The van der Waals surface area contributed by atoms with Gasteiger partial charge in [-0.25, -0.2) is 0 Å². The van der Waals surface area contributed by atoms with Gasteiger partial charge in [-0.1, -0.05) is 67.4 Å². The van der Waals surface area contributed by atoms with Crippen LogP contribution < -0.4 is 0 Å². The minimum absolute atomic E-state index is 0.0117. The van der Waals surface area contributed by atoms with Gasteiger partial charge in [0.2, 0.25) is 0 Å². The quantitative estimate of drug-likeness (QED) is 0.202. The smallest absolute Gasteiger partial charge is 0.316 e. The molecular weight excluding hydrogens is 531 g/mol. The number of hydrogen-bond acceptors (Lipinski definition) is 7. The number of cyclic esters (lactones) is 1. The van der Waals surface area contributed by atoms with Crippen LogP contribution in [0.2, 0.25) is 0 Å². The van der Waals surface area contributed by atoms with Crippen molar-refractivity contribution in [3.63, 3.8) is 0 Å². The summed E-state index contributed by atoms with van der Waals surface area (Å²) in [5.41, 5.74) is -1.17. The van der Waals surface area contributed by atoms with Gasteiger partial charge in [0, 0.05) is 0 Å². The van der Waals surface area contributed by atoms with Gasteiger partial charge in [-0.3, -0.25) is 9.59 Å². The van der Waals surface area contributed by atoms with Gasteiger partial charge in [0.05, 0.1) is 24.9 Å². The maximum atomic E-state index is 13.4. The number of esters is 1. The highest BCUT2D eigenvalue weighted by Gasteiger charge is 2.55. The lowest BCUT2D eigenvalue weighted by Gasteiger charge is -2.54. The molecule has 0 amide bonds. The standard InChI is InChI=1S/C29H42Cl2O7/c1-16-8-6-7-9-17(2)38-27(35)19(4)25(34)29(30,31)13-23-22(16)11-10-20-12-28(5,36)26(18(3)24(20)23)37-15-21(33)14-32/h6-11,16-24,26,32-33,36H,12-15H2,1-5H3/b8-6-,9-7+/t16-,17+,18+,19+,20-,21?,22+,23-,24-,26-,28-/m1/s1. The van der Waals surface area contributed by atoms with E-state index in [1.54, 1.807) is 19.9 Å². The van der Waals surface area contributed by atoms with Crippen molar-refractivity contribution in [2.24, 2.45) is 41.4 Å². The zero-order valence-corrected chi connectivity index (χ0v) is 24.3. The van der Waals surface area contributed by atoms with Crippen LogP contribution in [0.3, 0.4) is 0 Å². The lowest BCUT2D eigenvalue weighted by atomic mass is 9.54. The van der Waals surface area contributed by atoms with Crippen LogP contribution in [0.4, 0.5) is 0 Å². The number of aliphatic hydroxyl groups is 3. The van der Waals surface area contributed by atoms with Crippen LogP contribution in [0.5, 0.6) is 0 Å². The van der Waals surface area contributed by atoms with E-state index in [2.05, 4.69) is 25.2 Å². The van der Waals surface area contributed by atoms with E-state index in [9.17, 15) is 24.9 Å². The van der Waals surface area contributed by atoms with Crippen LogP contribution in [0.1, 0.15) is 47.5 Å². The Morgan fingerprint density at radius 1 is 1.08 bits per heavy atom. The number of rotatable bonds is 4. The van der Waals surface area contributed by atoms with Gasteiger partial charge >= 0.3 is 5.97 Å². The molecule has 11 atom stereocenters. The Morgan fingerprint density at radius 3 is 2.39 bits per heavy atom. The first-order chi connectivity index (χ1) is 17.7. The Kier molecular flexibility index (Phi) is 10.3. The van der Waals surface area contributed by atoms with Crippen molar-refractivity contribution in [1.82, 2.24) is 0 Å². The molecule has 9 heteroatoms. The van der Waals surface area contributed by atoms with E-state index in [1.165, 1.54) is 6.92 Å². The van der Waals surface area contributed by atoms with Crippen molar-refractivity contribution in [1.29, 1.82) is 0 Å². The summed E-state index contributed by atoms with van der Waals surface area (Å²) in [6.07, 6.45) is 10.2. The molecule has 0 radical (unpaired) electrons. The van der Waals surface area contributed by atoms with Crippen LogP contribution in [-0.4, -0.2) is 68.5 Å². The summed E-state index contributed by atoms with van der Waals surface area (Å²) in [5, 5.41) is 30.5. The zero-order chi connectivity index (χ0) is 28.4. The third-order valence-electron chi connectivity index (χ3n) is 8.51. The van der Waals surface area contributed by atoms with E-state index in [0.717, 1.165) is 0 Å². The van der Waals surface area contributed by atoms with Gasteiger partial charge in [-0.2, -0.15) is 0 Å². The second-order valence-electron chi connectivity index (χ2n) is 11.6. The normalized spacial score (nSPS) is 44.2. The van der Waals surface area contributed by atoms with Crippen molar-refractivity contribution >= 4 is 35.0 Å². The molecule has 1 fully saturated rings. The maximum Gasteiger partial charge on any atom is 0.316 e. The zero-order valence-electron chi connectivity index (χ0n) is 22.8. The van der Waals surface area contributed by atoms with E-state index in [-0.39, 0.29) is 48.5 Å². The molecule has 1 aliphatic heterocycles. The van der Waals surface area contributed by atoms with Crippen LogP contribution in [0.15, 0.2) is 36.5 Å². The Labute approximate surface area is 235 Å². The predicted octanol–water partition coefficient (Wildman–Crippen LogP) is 4.01. The molecule has 214 valence electrons. The third kappa shape index (κ3) is 6.91. The molecule has 0 spiro atoms. The number of halogens is 2. The highest BCUT2D eigenvalue weighted by atomic mass is 35.5. The highest BCUT2D eigenvalue weighted by Crippen LogP contribution is 2.54. The molecule has 1 saturated carbocycles. The Bertz CT molecular complexity index is 943. The Morgan fingerprint density at radius 2 is 1.74 bits per heavy atom. The number of Topliss-reactive ketones (excluding diaryl/α,β-unsaturated/α-hetero) is 1. The van der Waals surface area contributed by atoms with Crippen molar-refractivity contribution < 1.29 is 34.4 Å². The molecule has 3 N–H and O–H groups in total. The van der Waals surface area contributed by atoms with Gasteiger partial charge in [-0.15, -0.1) is 0 Å².